The van der Waals surface area contributed by atoms with Crippen molar-refractivity contribution in [2.75, 3.05) is 18.8 Å². The van der Waals surface area contributed by atoms with E-state index in [-0.39, 0.29) is 17.7 Å². The van der Waals surface area contributed by atoms with E-state index in [1.165, 1.54) is 23.6 Å². The van der Waals surface area contributed by atoms with Crippen LogP contribution in [-0.2, 0) is 14.8 Å². The van der Waals surface area contributed by atoms with Crippen LogP contribution >= 0.6 is 0 Å². The molecular formula is C16H31N3O3S. The van der Waals surface area contributed by atoms with Crippen molar-refractivity contribution in [3.63, 3.8) is 0 Å². The first-order chi connectivity index (χ1) is 11.0. The van der Waals surface area contributed by atoms with Gasteiger partial charge in [-0.25, -0.2) is 8.42 Å². The molecule has 0 bridgehead atoms. The fourth-order valence-corrected chi connectivity index (χ4v) is 5.64. The van der Waals surface area contributed by atoms with Gasteiger partial charge in [-0.3, -0.25) is 4.79 Å². The third-order valence-corrected chi connectivity index (χ3v) is 7.20. The van der Waals surface area contributed by atoms with E-state index in [1.807, 2.05) is 6.92 Å². The van der Waals surface area contributed by atoms with E-state index in [4.69, 9.17) is 5.73 Å². The Kier molecular flexibility index (Phi) is 6.85. The monoisotopic (exact) mass is 345 g/mol. The minimum atomic E-state index is -3.33. The number of nitrogens with two attached hydrogens (primary N) is 1. The number of amides is 1. The summed E-state index contributed by atoms with van der Waals surface area (Å²) >= 11 is 0. The summed E-state index contributed by atoms with van der Waals surface area (Å²) in [5, 5.41) is 3.05. The van der Waals surface area contributed by atoms with Gasteiger partial charge in [-0.1, -0.05) is 26.2 Å². The van der Waals surface area contributed by atoms with Gasteiger partial charge in [0.1, 0.15) is 6.04 Å². The third kappa shape index (κ3) is 4.67. The molecule has 1 aliphatic carbocycles. The second kappa shape index (κ2) is 8.44. The van der Waals surface area contributed by atoms with E-state index in [9.17, 15) is 13.2 Å². The zero-order valence-corrected chi connectivity index (χ0v) is 15.0. The van der Waals surface area contributed by atoms with Gasteiger partial charge in [-0.15, -0.1) is 0 Å². The SMILES string of the molecule is CCCS(=O)(=O)N1CCCC1C(=O)NC(CN)C1CCCCC1. The van der Waals surface area contributed by atoms with Crippen LogP contribution in [0.25, 0.3) is 0 Å². The molecular weight excluding hydrogens is 314 g/mol. The van der Waals surface area contributed by atoms with Crippen LogP contribution in [-0.4, -0.2) is 49.6 Å². The number of rotatable bonds is 7. The van der Waals surface area contributed by atoms with Crippen LogP contribution in [0.5, 0.6) is 0 Å². The predicted octanol–water partition coefficient (Wildman–Crippen LogP) is 1.21. The van der Waals surface area contributed by atoms with Crippen molar-refractivity contribution in [2.45, 2.75) is 70.4 Å². The van der Waals surface area contributed by atoms with E-state index in [2.05, 4.69) is 5.32 Å². The predicted molar refractivity (Wildman–Crippen MR) is 91.4 cm³/mol. The smallest absolute Gasteiger partial charge is 0.238 e. The number of sulfonamides is 1. The molecule has 0 radical (unpaired) electrons. The largest absolute Gasteiger partial charge is 0.350 e. The molecule has 2 atom stereocenters. The summed E-state index contributed by atoms with van der Waals surface area (Å²) in [6.45, 7) is 2.72. The molecule has 23 heavy (non-hydrogen) atoms. The highest BCUT2D eigenvalue weighted by Gasteiger charge is 2.39. The molecule has 0 aromatic heterocycles. The first-order valence-corrected chi connectivity index (χ1v) is 10.6. The van der Waals surface area contributed by atoms with Gasteiger partial charge in [-0.05, 0) is 38.0 Å². The summed E-state index contributed by atoms with van der Waals surface area (Å²) in [5.74, 6) is 0.378. The maximum atomic E-state index is 12.6. The van der Waals surface area contributed by atoms with Crippen molar-refractivity contribution in [1.82, 2.24) is 9.62 Å². The third-order valence-electron chi connectivity index (χ3n) is 5.13. The van der Waals surface area contributed by atoms with Gasteiger partial charge in [0.15, 0.2) is 0 Å². The van der Waals surface area contributed by atoms with E-state index < -0.39 is 16.1 Å². The molecule has 6 nitrogen and oxygen atoms in total. The van der Waals surface area contributed by atoms with E-state index >= 15 is 0 Å². The Hall–Kier alpha value is -0.660. The fourth-order valence-electron chi connectivity index (χ4n) is 3.90. The molecule has 0 aromatic carbocycles. The van der Waals surface area contributed by atoms with E-state index in [1.54, 1.807) is 0 Å². The molecule has 2 aliphatic rings. The van der Waals surface area contributed by atoms with Crippen LogP contribution in [0, 0.1) is 5.92 Å². The Bertz CT molecular complexity index is 489. The second-order valence-electron chi connectivity index (χ2n) is 6.83. The first-order valence-electron chi connectivity index (χ1n) is 8.99. The Morgan fingerprint density at radius 3 is 2.52 bits per heavy atom. The number of carbonyl (C=O) groups is 1. The summed E-state index contributed by atoms with van der Waals surface area (Å²) in [5.41, 5.74) is 5.87. The molecule has 134 valence electrons. The second-order valence-corrected chi connectivity index (χ2v) is 8.87. The Balaban J connectivity index is 2.00. The summed E-state index contributed by atoms with van der Waals surface area (Å²) in [7, 11) is -3.33. The zero-order valence-electron chi connectivity index (χ0n) is 14.2. The number of hydrogen-bond acceptors (Lipinski definition) is 4. The molecule has 1 aliphatic heterocycles. The molecule has 2 unspecified atom stereocenters. The molecule has 2 fully saturated rings. The van der Waals surface area contributed by atoms with Crippen LogP contribution < -0.4 is 11.1 Å². The van der Waals surface area contributed by atoms with Crippen molar-refractivity contribution >= 4 is 15.9 Å². The molecule has 7 heteroatoms. The summed E-state index contributed by atoms with van der Waals surface area (Å²) in [4.78, 5) is 12.6. The minimum absolute atomic E-state index is 0.0286. The number of carbonyl (C=O) groups excluding carboxylic acids is 1. The van der Waals surface area contributed by atoms with Crippen molar-refractivity contribution < 1.29 is 13.2 Å². The lowest BCUT2D eigenvalue weighted by molar-refractivity contribution is -0.125. The summed E-state index contributed by atoms with van der Waals surface area (Å²) in [6, 6.07) is -0.580. The molecule has 0 spiro atoms. The van der Waals surface area contributed by atoms with Gasteiger partial charge in [0.25, 0.3) is 0 Å². The van der Waals surface area contributed by atoms with Crippen molar-refractivity contribution in [2.24, 2.45) is 11.7 Å². The molecule has 1 saturated carbocycles. The standard InChI is InChI=1S/C16H31N3O3S/c1-2-11-23(21,22)19-10-6-9-15(19)16(20)18-14(12-17)13-7-4-3-5-8-13/h13-15H,2-12,17H2,1H3,(H,18,20). The number of hydrogen-bond donors (Lipinski definition) is 2. The normalized spacial score (nSPS) is 25.4. The number of nitrogens with one attached hydrogen (secondary N) is 1. The highest BCUT2D eigenvalue weighted by molar-refractivity contribution is 7.89. The summed E-state index contributed by atoms with van der Waals surface area (Å²) in [6.07, 6.45) is 7.77. The molecule has 2 rings (SSSR count). The quantitative estimate of drug-likeness (QED) is 0.725. The zero-order chi connectivity index (χ0) is 16.9. The highest BCUT2D eigenvalue weighted by atomic mass is 32.2. The minimum Gasteiger partial charge on any atom is -0.350 e. The highest BCUT2D eigenvalue weighted by Crippen LogP contribution is 2.27. The molecule has 3 N–H and O–H groups in total. The number of nitrogens with zero attached hydrogens (tertiary/aromatic N) is 1. The maximum absolute atomic E-state index is 12.6. The van der Waals surface area contributed by atoms with Crippen molar-refractivity contribution in [3.8, 4) is 0 Å². The molecule has 1 amide bonds. The van der Waals surface area contributed by atoms with Gasteiger partial charge in [0.2, 0.25) is 15.9 Å². The van der Waals surface area contributed by atoms with E-state index in [0.717, 1.165) is 19.3 Å². The molecule has 1 saturated heterocycles. The van der Waals surface area contributed by atoms with Gasteiger partial charge >= 0.3 is 0 Å². The summed E-state index contributed by atoms with van der Waals surface area (Å²) < 4.78 is 26.1. The lowest BCUT2D eigenvalue weighted by Gasteiger charge is -2.32. The van der Waals surface area contributed by atoms with Crippen LogP contribution in [0.1, 0.15) is 58.3 Å². The van der Waals surface area contributed by atoms with Gasteiger partial charge in [0, 0.05) is 19.1 Å². The Morgan fingerprint density at radius 2 is 1.91 bits per heavy atom. The molecule has 1 heterocycles. The Labute approximate surface area is 140 Å². The average molecular weight is 346 g/mol. The molecule has 0 aromatic rings. The van der Waals surface area contributed by atoms with Crippen LogP contribution in [0.15, 0.2) is 0 Å². The van der Waals surface area contributed by atoms with Crippen molar-refractivity contribution in [1.29, 1.82) is 0 Å². The van der Waals surface area contributed by atoms with Crippen molar-refractivity contribution in [3.05, 3.63) is 0 Å². The van der Waals surface area contributed by atoms with Gasteiger partial charge in [-0.2, -0.15) is 4.31 Å². The average Bonchev–Trinajstić information content (AvgIpc) is 3.04. The maximum Gasteiger partial charge on any atom is 0.238 e. The first kappa shape index (κ1) is 18.7. The van der Waals surface area contributed by atoms with Gasteiger partial charge in [0.05, 0.1) is 5.75 Å². The van der Waals surface area contributed by atoms with Crippen LogP contribution in [0.4, 0.5) is 0 Å². The lowest BCUT2D eigenvalue weighted by atomic mass is 9.84. The topological polar surface area (TPSA) is 92.5 Å². The Morgan fingerprint density at radius 1 is 1.22 bits per heavy atom. The lowest BCUT2D eigenvalue weighted by Crippen LogP contribution is -2.53. The van der Waals surface area contributed by atoms with Crippen LogP contribution in [0.3, 0.4) is 0 Å². The van der Waals surface area contributed by atoms with Crippen LogP contribution in [0.2, 0.25) is 0 Å². The van der Waals surface area contributed by atoms with Gasteiger partial charge < -0.3 is 11.1 Å². The fraction of sp³-hybridized carbons (Fsp3) is 0.938. The van der Waals surface area contributed by atoms with E-state index in [0.29, 0.717) is 31.8 Å².